The van der Waals surface area contributed by atoms with E-state index in [0.29, 0.717) is 16.8 Å². The Bertz CT molecular complexity index is 1560. The zero-order chi connectivity index (χ0) is 26.6. The van der Waals surface area contributed by atoms with E-state index in [4.69, 9.17) is 4.52 Å². The summed E-state index contributed by atoms with van der Waals surface area (Å²) in [6.07, 6.45) is 2.99. The van der Waals surface area contributed by atoms with Crippen molar-refractivity contribution in [3.05, 3.63) is 77.9 Å². The minimum atomic E-state index is -0.632. The molecule has 2 aromatic heterocycles. The molecule has 1 fully saturated rings. The average Bonchev–Trinajstić information content (AvgIpc) is 3.64. The molecule has 1 saturated heterocycles. The van der Waals surface area contributed by atoms with Gasteiger partial charge < -0.3 is 20.3 Å². The number of nitrogens with zero attached hydrogens (tertiary/aromatic N) is 3. The van der Waals surface area contributed by atoms with Crippen molar-refractivity contribution in [3.8, 4) is 34.2 Å². The number of nitrogens with one attached hydrogen (secondary N) is 2. The molecule has 0 aliphatic carbocycles. The first kappa shape index (κ1) is 24.8. The zero-order valence-corrected chi connectivity index (χ0v) is 19.9. The number of nitrogens with two attached hydrogens (primary N) is 1. The number of carbonyl (C=O) groups excluding carboxylic acids is 2. The summed E-state index contributed by atoms with van der Waals surface area (Å²) in [5.74, 6) is -1.73. The second-order valence-corrected chi connectivity index (χ2v) is 8.69. The van der Waals surface area contributed by atoms with Crippen LogP contribution in [0.4, 0.5) is 15.9 Å². The number of benzene rings is 2. The first-order valence-corrected chi connectivity index (χ1v) is 11.8. The van der Waals surface area contributed by atoms with Crippen LogP contribution in [-0.2, 0) is 4.79 Å². The van der Waals surface area contributed by atoms with E-state index < -0.39 is 11.7 Å². The Morgan fingerprint density at radius 3 is 2.76 bits per heavy atom. The predicted molar refractivity (Wildman–Crippen MR) is 134 cm³/mol. The first-order valence-electron chi connectivity index (χ1n) is 11.8. The fourth-order valence-electron chi connectivity index (χ4n) is 4.31. The molecule has 0 unspecified atom stereocenters. The number of amides is 2. The number of rotatable bonds is 6. The second kappa shape index (κ2) is 10.6. The number of hydrogen-bond donors (Lipinski definition) is 4. The molecule has 1 aliphatic heterocycles. The molecular formula is C27H22FN6O4+. The van der Waals surface area contributed by atoms with E-state index in [-0.39, 0.29) is 46.1 Å². The lowest BCUT2D eigenvalue weighted by Crippen LogP contribution is -2.83. The van der Waals surface area contributed by atoms with Gasteiger partial charge in [0.1, 0.15) is 23.2 Å². The van der Waals surface area contributed by atoms with Crippen molar-refractivity contribution in [2.45, 2.75) is 18.9 Å². The van der Waals surface area contributed by atoms with Crippen molar-refractivity contribution >= 4 is 23.3 Å². The number of primary amides is 1. The van der Waals surface area contributed by atoms with Crippen molar-refractivity contribution in [1.82, 2.24) is 15.5 Å². The molecule has 10 nitrogen and oxygen atoms in total. The topological polar surface area (TPSA) is 158 Å². The number of halogens is 1. The average molecular weight is 514 g/mol. The van der Waals surface area contributed by atoms with Crippen molar-refractivity contribution in [2.24, 2.45) is 0 Å². The molecule has 0 saturated carbocycles. The van der Waals surface area contributed by atoms with E-state index in [9.17, 15) is 24.3 Å². The van der Waals surface area contributed by atoms with Gasteiger partial charge in [-0.05, 0) is 55.3 Å². The molecule has 3 heterocycles. The van der Waals surface area contributed by atoms with Crippen LogP contribution in [0.3, 0.4) is 0 Å². The summed E-state index contributed by atoms with van der Waals surface area (Å²) < 4.78 is 18.6. The number of hydrogen-bond acceptors (Lipinski definition) is 8. The monoisotopic (exact) mass is 513 g/mol. The Morgan fingerprint density at radius 2 is 2.05 bits per heavy atom. The van der Waals surface area contributed by atoms with Gasteiger partial charge in [-0.3, -0.25) is 4.79 Å². The highest BCUT2D eigenvalue weighted by molar-refractivity contribution is 5.96. The van der Waals surface area contributed by atoms with Gasteiger partial charge in [0.15, 0.2) is 0 Å². The van der Waals surface area contributed by atoms with E-state index in [2.05, 4.69) is 26.8 Å². The summed E-state index contributed by atoms with van der Waals surface area (Å²) in [6, 6.07) is 15.2. The van der Waals surface area contributed by atoms with E-state index in [1.54, 1.807) is 30.3 Å². The summed E-state index contributed by atoms with van der Waals surface area (Å²) in [5.41, 5.74) is 1.98. The molecule has 5 N–H and O–H groups in total. The van der Waals surface area contributed by atoms with Crippen molar-refractivity contribution in [1.29, 1.82) is 5.26 Å². The Morgan fingerprint density at radius 1 is 1.18 bits per heavy atom. The molecule has 0 spiro atoms. The Kier molecular flexibility index (Phi) is 6.90. The van der Waals surface area contributed by atoms with Gasteiger partial charge in [-0.25, -0.2) is 14.5 Å². The number of anilines is 1. The third-order valence-electron chi connectivity index (χ3n) is 6.16. The minimum absolute atomic E-state index is 0.0229. The molecule has 4 aromatic rings. The number of phenols is 1. The number of aromatic hydroxyl groups is 1. The van der Waals surface area contributed by atoms with Crippen molar-refractivity contribution in [2.75, 3.05) is 11.9 Å². The van der Waals surface area contributed by atoms with Crippen molar-refractivity contribution in [3.63, 3.8) is 0 Å². The lowest BCUT2D eigenvalue weighted by atomic mass is 9.97. The van der Waals surface area contributed by atoms with Crippen LogP contribution in [0.2, 0.25) is 0 Å². The predicted octanol–water partition coefficient (Wildman–Crippen LogP) is 2.85. The van der Waals surface area contributed by atoms with Crippen LogP contribution in [0.25, 0.3) is 22.4 Å². The normalized spacial score (nSPS) is 14.7. The number of aromatic nitrogens is 2. The highest BCUT2D eigenvalue weighted by atomic mass is 19.1. The molecule has 38 heavy (non-hydrogen) atoms. The highest BCUT2D eigenvalue weighted by Gasteiger charge is 2.25. The Hall–Kier alpha value is -4.92. The van der Waals surface area contributed by atoms with Crippen LogP contribution in [0.1, 0.15) is 29.0 Å². The van der Waals surface area contributed by atoms with Gasteiger partial charge in [0.05, 0.1) is 17.9 Å². The van der Waals surface area contributed by atoms with Gasteiger partial charge in [0, 0.05) is 28.9 Å². The first-order chi connectivity index (χ1) is 18.4. The van der Waals surface area contributed by atoms with Crippen molar-refractivity contribution < 1.29 is 28.9 Å². The fourth-order valence-corrected chi connectivity index (χ4v) is 4.31. The number of phenolic OH excluding ortho intramolecular Hbond substituents is 1. The largest absolute Gasteiger partial charge is 0.507 e. The number of carbonyl (C=O) groups is 2. The van der Waals surface area contributed by atoms with Gasteiger partial charge in [0.2, 0.25) is 5.91 Å². The molecule has 190 valence electrons. The molecule has 0 bridgehead atoms. The second-order valence-electron chi connectivity index (χ2n) is 8.69. The molecule has 0 radical (unpaired) electrons. The van der Waals surface area contributed by atoms with Crippen LogP contribution < -0.4 is 16.0 Å². The molecule has 2 amide bonds. The van der Waals surface area contributed by atoms with Crippen LogP contribution in [0, 0.1) is 17.1 Å². The Labute approximate surface area is 216 Å². The summed E-state index contributed by atoms with van der Waals surface area (Å²) in [7, 11) is 0. The third kappa shape index (κ3) is 5.12. The van der Waals surface area contributed by atoms with Crippen LogP contribution in [-0.4, -0.2) is 39.6 Å². The Balaban J connectivity index is 1.60. The minimum Gasteiger partial charge on any atom is -0.507 e. The van der Waals surface area contributed by atoms with E-state index >= 15 is 0 Å². The summed E-state index contributed by atoms with van der Waals surface area (Å²) >= 11 is 0. The molecule has 1 aliphatic rings. The van der Waals surface area contributed by atoms with Crippen LogP contribution >= 0.6 is 0 Å². The number of pyridine rings is 1. The summed E-state index contributed by atoms with van der Waals surface area (Å²) in [4.78, 5) is 29.8. The molecule has 5 rings (SSSR count). The standard InChI is InChI=1S/C27H21FN6O4/c28-16-6-7-18(23(35)12-16)22-13-19(20(14-29)25(33-22)34-27(37)24-8-10-31-38-24)15-3-1-4-17(11-15)32-26(36)21-5-2-9-30-21/h1,3-4,6-8,10-13,21,30,35H,2,5,9H2,(H,32,36)(H,33,34,37)/p+1/t21-/m1/s1. The van der Waals surface area contributed by atoms with E-state index in [1.165, 1.54) is 24.4 Å². The highest BCUT2D eigenvalue weighted by Crippen LogP contribution is 2.35. The van der Waals surface area contributed by atoms with Crippen LogP contribution in [0.5, 0.6) is 5.75 Å². The number of nitriles is 1. The van der Waals surface area contributed by atoms with Gasteiger partial charge >= 0.3 is 5.91 Å². The zero-order valence-electron chi connectivity index (χ0n) is 19.9. The maximum atomic E-state index is 13.7. The number of quaternary nitrogens is 1. The van der Waals surface area contributed by atoms with Crippen LogP contribution in [0.15, 0.2) is 65.3 Å². The SMILES string of the molecule is N#Cc1c(-c2cccc(NC(=O)[C@H]3CCCN3)c2)cc(-c2ccc(F)cc2O)nc1[NH2+]C(=O)c1ccno1. The lowest BCUT2D eigenvalue weighted by Gasteiger charge is -2.14. The fraction of sp³-hybridized carbons (Fsp3) is 0.148. The maximum absolute atomic E-state index is 13.7. The van der Waals surface area contributed by atoms with E-state index in [1.807, 2.05) is 0 Å². The molecular weight excluding hydrogens is 491 g/mol. The molecule has 11 heteroatoms. The third-order valence-corrected chi connectivity index (χ3v) is 6.16. The summed E-state index contributed by atoms with van der Waals surface area (Å²) in [6.45, 7) is 0.783. The van der Waals surface area contributed by atoms with Gasteiger partial charge in [-0.15, -0.1) is 0 Å². The lowest BCUT2D eigenvalue weighted by molar-refractivity contribution is -0.469. The van der Waals surface area contributed by atoms with Gasteiger partial charge in [0.25, 0.3) is 11.6 Å². The quantitative estimate of drug-likeness (QED) is 0.306. The maximum Gasteiger partial charge on any atom is 0.387 e. The molecule has 1 atom stereocenters. The van der Waals surface area contributed by atoms with Gasteiger partial charge in [-0.2, -0.15) is 10.2 Å². The van der Waals surface area contributed by atoms with E-state index in [0.717, 1.165) is 30.8 Å². The van der Waals surface area contributed by atoms with Gasteiger partial charge in [-0.1, -0.05) is 17.3 Å². The summed E-state index contributed by atoms with van der Waals surface area (Å²) in [5, 5.41) is 31.2. The smallest absolute Gasteiger partial charge is 0.387 e. The molecule has 2 aromatic carbocycles.